The number of aliphatic hydroxyl groups is 1. The van der Waals surface area contributed by atoms with E-state index >= 15 is 0 Å². The number of carbonyl (C=O) groups excluding carboxylic acids is 1. The van der Waals surface area contributed by atoms with Gasteiger partial charge in [-0.1, -0.05) is 32.4 Å². The smallest absolute Gasteiger partial charge is 0.216 e. The van der Waals surface area contributed by atoms with Gasteiger partial charge in [0.05, 0.1) is 17.5 Å². The zero-order valence-corrected chi connectivity index (χ0v) is 21.8. The van der Waals surface area contributed by atoms with Gasteiger partial charge in [0.25, 0.3) is 0 Å². The van der Waals surface area contributed by atoms with Crippen LogP contribution in [0, 0.1) is 36.0 Å². The van der Waals surface area contributed by atoms with Crippen LogP contribution in [-0.4, -0.2) is 33.9 Å². The average molecular weight is 466 g/mol. The Bertz CT molecular complexity index is 1000. The molecule has 5 nitrogen and oxygen atoms in total. The number of carbonyl (C=O) groups is 1. The van der Waals surface area contributed by atoms with E-state index in [2.05, 4.69) is 39.1 Å². The summed E-state index contributed by atoms with van der Waals surface area (Å²) in [6.07, 6.45) is 12.0. The Morgan fingerprint density at radius 3 is 2.71 bits per heavy atom. The molecule has 186 valence electrons. The van der Waals surface area contributed by atoms with Gasteiger partial charge in [0, 0.05) is 13.5 Å². The van der Waals surface area contributed by atoms with Gasteiger partial charge >= 0.3 is 0 Å². The van der Waals surface area contributed by atoms with Crippen LogP contribution in [0.25, 0.3) is 0 Å². The fraction of sp³-hybridized carbons (Fsp3) is 0.759. The highest BCUT2D eigenvalue weighted by atomic mass is 16.3. The van der Waals surface area contributed by atoms with Crippen molar-refractivity contribution in [3.63, 3.8) is 0 Å². The van der Waals surface area contributed by atoms with Gasteiger partial charge in [0.15, 0.2) is 0 Å². The van der Waals surface area contributed by atoms with E-state index in [4.69, 9.17) is 10.2 Å². The van der Waals surface area contributed by atoms with E-state index in [0.717, 1.165) is 63.1 Å². The van der Waals surface area contributed by atoms with E-state index in [-0.39, 0.29) is 22.8 Å². The molecular formula is C29H43N3O2. The van der Waals surface area contributed by atoms with Crippen LogP contribution in [0.5, 0.6) is 0 Å². The lowest BCUT2D eigenvalue weighted by molar-refractivity contribution is -0.119. The van der Waals surface area contributed by atoms with Gasteiger partial charge in [0.1, 0.15) is 0 Å². The third-order valence-electron chi connectivity index (χ3n) is 10.4. The first-order valence-electron chi connectivity index (χ1n) is 13.6. The van der Waals surface area contributed by atoms with E-state index in [9.17, 15) is 9.90 Å². The molecule has 0 aliphatic heterocycles. The third-order valence-corrected chi connectivity index (χ3v) is 10.4. The maximum absolute atomic E-state index is 11.2. The molecule has 1 aromatic rings. The van der Waals surface area contributed by atoms with Crippen molar-refractivity contribution in [1.82, 2.24) is 15.5 Å². The van der Waals surface area contributed by atoms with Crippen molar-refractivity contribution in [1.29, 1.82) is 0 Å². The third kappa shape index (κ3) is 3.83. The molecule has 5 heteroatoms. The van der Waals surface area contributed by atoms with Crippen molar-refractivity contribution in [3.05, 3.63) is 34.2 Å². The fourth-order valence-corrected chi connectivity index (χ4v) is 8.41. The minimum Gasteiger partial charge on any atom is -0.393 e. The zero-order chi connectivity index (χ0) is 24.3. The summed E-state index contributed by atoms with van der Waals surface area (Å²) in [4.78, 5) is 11.2. The van der Waals surface area contributed by atoms with Crippen LogP contribution in [0.15, 0.2) is 11.6 Å². The lowest BCUT2D eigenvalue weighted by Gasteiger charge is -2.57. The predicted octanol–water partition coefficient (Wildman–Crippen LogP) is 4.83. The molecule has 2 saturated carbocycles. The van der Waals surface area contributed by atoms with Crippen LogP contribution in [0.3, 0.4) is 0 Å². The lowest BCUT2D eigenvalue weighted by atomic mass is 9.47. The van der Waals surface area contributed by atoms with Gasteiger partial charge < -0.3 is 10.4 Å². The second kappa shape index (κ2) is 8.72. The number of aromatic nitrogens is 2. The van der Waals surface area contributed by atoms with Gasteiger partial charge in [0.2, 0.25) is 5.91 Å². The van der Waals surface area contributed by atoms with Crippen molar-refractivity contribution < 1.29 is 9.90 Å². The number of aryl methyl sites for hydroxylation is 1. The van der Waals surface area contributed by atoms with Gasteiger partial charge in [-0.2, -0.15) is 10.2 Å². The Balaban J connectivity index is 1.37. The fourth-order valence-electron chi connectivity index (χ4n) is 8.41. The Kier molecular flexibility index (Phi) is 6.15. The van der Waals surface area contributed by atoms with Crippen molar-refractivity contribution in [3.8, 4) is 0 Å². The first-order valence-corrected chi connectivity index (χ1v) is 13.6. The largest absolute Gasteiger partial charge is 0.393 e. The van der Waals surface area contributed by atoms with Crippen LogP contribution in [-0.2, 0) is 23.1 Å². The maximum Gasteiger partial charge on any atom is 0.216 e. The highest BCUT2D eigenvalue weighted by molar-refractivity contribution is 5.72. The number of nitrogens with one attached hydrogen (secondary N) is 1. The van der Waals surface area contributed by atoms with E-state index in [0.29, 0.717) is 17.8 Å². The van der Waals surface area contributed by atoms with Crippen LogP contribution >= 0.6 is 0 Å². The molecule has 0 aromatic carbocycles. The number of hydrogen-bond acceptors (Lipinski definition) is 4. The maximum atomic E-state index is 11.2. The first-order chi connectivity index (χ1) is 16.1. The van der Waals surface area contributed by atoms with E-state index in [1.165, 1.54) is 29.7 Å². The molecule has 1 heterocycles. The summed E-state index contributed by atoms with van der Waals surface area (Å²) < 4.78 is 0. The topological polar surface area (TPSA) is 75.1 Å². The quantitative estimate of drug-likeness (QED) is 0.611. The standard InChI is InChI=1S/C29H43N3O2/c1-17(16-30-19(3)33)6-9-25-18(2)27-26(32-31-25)15-24-22-8-7-20-14-21(34)10-12-28(20,4)23(22)11-13-29(24,27)5/h7,17,21-24,34H,6,8-16H2,1-5H3,(H,30,33)/t17-,21-,22+,23-,24+,28-,29-/m1/s1. The summed E-state index contributed by atoms with van der Waals surface area (Å²) in [6, 6.07) is 0. The highest BCUT2D eigenvalue weighted by Gasteiger charge is 2.58. The minimum absolute atomic E-state index is 0.0397. The second-order valence-corrected chi connectivity index (χ2v) is 12.5. The van der Waals surface area contributed by atoms with E-state index in [1.54, 1.807) is 12.5 Å². The van der Waals surface area contributed by atoms with E-state index in [1.807, 2.05) is 0 Å². The van der Waals surface area contributed by atoms with Gasteiger partial charge in [-0.15, -0.1) is 0 Å². The zero-order valence-electron chi connectivity index (χ0n) is 21.8. The number of allylic oxidation sites excluding steroid dienone is 1. The molecule has 1 aromatic heterocycles. The molecule has 0 bridgehead atoms. The highest BCUT2D eigenvalue weighted by Crippen LogP contribution is 2.64. The van der Waals surface area contributed by atoms with Crippen molar-refractivity contribution in [2.45, 2.75) is 104 Å². The molecule has 4 aliphatic rings. The molecule has 7 atom stereocenters. The molecule has 2 fully saturated rings. The Morgan fingerprint density at radius 2 is 1.94 bits per heavy atom. The molecule has 34 heavy (non-hydrogen) atoms. The number of nitrogens with zero attached hydrogens (tertiary/aromatic N) is 2. The summed E-state index contributed by atoms with van der Waals surface area (Å²) in [5.74, 6) is 2.55. The van der Waals surface area contributed by atoms with Crippen LogP contribution in [0.1, 0.15) is 95.2 Å². The SMILES string of the molecule is CC(=O)NC[C@H](C)CCc1nnc2c(c1C)[C@]1(C)CC[C@@H]3[C@H](CC=C4C[C@H](O)CC[C@]43C)[C@@H]1C2. The first kappa shape index (κ1) is 24.0. The molecular weight excluding hydrogens is 422 g/mol. The Morgan fingerprint density at radius 1 is 1.18 bits per heavy atom. The van der Waals surface area contributed by atoms with Crippen LogP contribution < -0.4 is 5.32 Å². The number of fused-ring (bicyclic) bond motifs is 7. The monoisotopic (exact) mass is 465 g/mol. The Labute approximate surface area is 205 Å². The molecule has 4 aliphatic carbocycles. The molecule has 0 radical (unpaired) electrons. The van der Waals surface area contributed by atoms with Crippen molar-refractivity contribution in [2.75, 3.05) is 6.54 Å². The van der Waals surface area contributed by atoms with Crippen LogP contribution in [0.4, 0.5) is 0 Å². The molecule has 0 unspecified atom stereocenters. The van der Waals surface area contributed by atoms with Gasteiger partial charge in [-0.3, -0.25) is 4.79 Å². The molecule has 2 N–H and O–H groups in total. The van der Waals surface area contributed by atoms with E-state index < -0.39 is 0 Å². The number of rotatable bonds is 5. The number of hydrogen-bond donors (Lipinski definition) is 2. The molecule has 0 spiro atoms. The van der Waals surface area contributed by atoms with Gasteiger partial charge in [-0.25, -0.2) is 0 Å². The minimum atomic E-state index is -0.141. The van der Waals surface area contributed by atoms with Gasteiger partial charge in [-0.05, 0) is 110 Å². The molecule has 0 saturated heterocycles. The van der Waals surface area contributed by atoms with Crippen molar-refractivity contribution >= 4 is 5.91 Å². The van der Waals surface area contributed by atoms with Crippen LogP contribution in [0.2, 0.25) is 0 Å². The molecule has 5 rings (SSSR count). The second-order valence-electron chi connectivity index (χ2n) is 12.5. The van der Waals surface area contributed by atoms with Crippen molar-refractivity contribution in [2.24, 2.45) is 29.1 Å². The summed E-state index contributed by atoms with van der Waals surface area (Å²) >= 11 is 0. The average Bonchev–Trinajstić information content (AvgIpc) is 3.11. The normalized spacial score (nSPS) is 37.1. The Hall–Kier alpha value is -1.75. The number of aliphatic hydroxyl groups excluding tert-OH is 1. The summed E-state index contributed by atoms with van der Waals surface area (Å²) in [5.41, 5.74) is 7.29. The summed E-state index contributed by atoms with van der Waals surface area (Å²) in [5, 5.41) is 22.8. The number of amides is 1. The summed E-state index contributed by atoms with van der Waals surface area (Å²) in [7, 11) is 0. The predicted molar refractivity (Wildman–Crippen MR) is 134 cm³/mol. The summed E-state index contributed by atoms with van der Waals surface area (Å²) in [6.45, 7) is 11.8. The lowest BCUT2D eigenvalue weighted by Crippen LogP contribution is -2.51. The molecule has 1 amide bonds.